The van der Waals surface area contributed by atoms with Gasteiger partial charge in [0.05, 0.1) is 12.2 Å². The largest absolute Gasteiger partial charge is 0.367 e. The highest BCUT2D eigenvalue weighted by Crippen LogP contribution is 2.36. The Kier molecular flexibility index (Phi) is 4.02. The van der Waals surface area contributed by atoms with Gasteiger partial charge in [0, 0.05) is 31.3 Å². The Morgan fingerprint density at radius 2 is 2.23 bits per heavy atom. The predicted octanol–water partition coefficient (Wildman–Crippen LogP) is 0.728. The number of nitrogens with one attached hydrogen (secondary N) is 2. The van der Waals surface area contributed by atoms with E-state index in [9.17, 15) is 9.18 Å². The normalized spacial score (nSPS) is 22.2. The molecule has 0 unspecified atom stereocenters. The van der Waals surface area contributed by atoms with Crippen LogP contribution >= 0.6 is 0 Å². The molecule has 3 aromatic rings. The minimum Gasteiger partial charge on any atom is -0.367 e. The van der Waals surface area contributed by atoms with Gasteiger partial charge in [0.2, 0.25) is 5.91 Å². The standard InChI is InChI=1S/C16H19FN8O/c1-11-3-5-24(23-11)8-14(26)22-12-6-16(17,7-12)9-19-13-2-4-18-15-20-10-21-25(13)15/h2-5,10,12,19H,6-9H2,1H3,(H,22,26). The first-order chi connectivity index (χ1) is 12.5. The van der Waals surface area contributed by atoms with Crippen LogP contribution in [-0.2, 0) is 11.3 Å². The summed E-state index contributed by atoms with van der Waals surface area (Å²) in [6.07, 6.45) is 5.29. The summed E-state index contributed by atoms with van der Waals surface area (Å²) in [5.41, 5.74) is -0.510. The van der Waals surface area contributed by atoms with Crippen LogP contribution in [0, 0.1) is 6.92 Å². The zero-order valence-electron chi connectivity index (χ0n) is 14.3. The molecule has 3 aromatic heterocycles. The maximum atomic E-state index is 14.8. The quantitative estimate of drug-likeness (QED) is 0.673. The smallest absolute Gasteiger partial charge is 0.254 e. The number of alkyl halides is 1. The summed E-state index contributed by atoms with van der Waals surface area (Å²) < 4.78 is 17.8. The molecule has 2 N–H and O–H groups in total. The number of hydrogen-bond acceptors (Lipinski definition) is 6. The zero-order chi connectivity index (χ0) is 18.1. The summed E-state index contributed by atoms with van der Waals surface area (Å²) in [6.45, 7) is 2.14. The van der Waals surface area contributed by atoms with E-state index < -0.39 is 5.67 Å². The molecule has 26 heavy (non-hydrogen) atoms. The van der Waals surface area contributed by atoms with E-state index in [0.717, 1.165) is 5.69 Å². The van der Waals surface area contributed by atoms with E-state index in [-0.39, 0.29) is 37.9 Å². The van der Waals surface area contributed by atoms with Crippen LogP contribution in [0.3, 0.4) is 0 Å². The Hall–Kier alpha value is -3.04. The minimum absolute atomic E-state index is 0.136. The van der Waals surface area contributed by atoms with Crippen molar-refractivity contribution in [3.63, 3.8) is 0 Å². The van der Waals surface area contributed by atoms with Gasteiger partial charge < -0.3 is 10.6 Å². The van der Waals surface area contributed by atoms with Gasteiger partial charge in [0.25, 0.3) is 5.78 Å². The molecule has 0 spiro atoms. The third-order valence-electron chi connectivity index (χ3n) is 4.44. The first-order valence-corrected chi connectivity index (χ1v) is 8.38. The van der Waals surface area contributed by atoms with Gasteiger partial charge >= 0.3 is 0 Å². The van der Waals surface area contributed by atoms with E-state index in [1.54, 1.807) is 23.1 Å². The molecule has 1 amide bonds. The fourth-order valence-electron chi connectivity index (χ4n) is 3.16. The van der Waals surface area contributed by atoms with Crippen molar-refractivity contribution < 1.29 is 9.18 Å². The van der Waals surface area contributed by atoms with Crippen molar-refractivity contribution in [2.45, 2.75) is 38.0 Å². The zero-order valence-corrected chi connectivity index (χ0v) is 14.3. The van der Waals surface area contributed by atoms with Crippen LogP contribution in [0.4, 0.5) is 10.2 Å². The topological polar surface area (TPSA) is 102 Å². The molecule has 1 aliphatic carbocycles. The molecule has 136 valence electrons. The second-order valence-electron chi connectivity index (χ2n) is 6.63. The lowest BCUT2D eigenvalue weighted by molar-refractivity contribution is -0.124. The predicted molar refractivity (Wildman–Crippen MR) is 91.2 cm³/mol. The van der Waals surface area contributed by atoms with Crippen molar-refractivity contribution >= 4 is 17.5 Å². The summed E-state index contributed by atoms with van der Waals surface area (Å²) in [5, 5.41) is 14.1. The Labute approximate surface area is 148 Å². The van der Waals surface area contributed by atoms with Gasteiger partial charge in [-0.2, -0.15) is 19.7 Å². The molecule has 0 saturated heterocycles. The number of nitrogens with zero attached hydrogens (tertiary/aromatic N) is 6. The Balaban J connectivity index is 1.26. The van der Waals surface area contributed by atoms with Gasteiger partial charge in [0.1, 0.15) is 24.4 Å². The van der Waals surface area contributed by atoms with Crippen molar-refractivity contribution in [1.29, 1.82) is 0 Å². The van der Waals surface area contributed by atoms with Crippen molar-refractivity contribution in [3.8, 4) is 0 Å². The second-order valence-corrected chi connectivity index (χ2v) is 6.63. The molecular weight excluding hydrogens is 339 g/mol. The van der Waals surface area contributed by atoms with Crippen LogP contribution in [0.25, 0.3) is 5.78 Å². The van der Waals surface area contributed by atoms with Gasteiger partial charge in [-0.25, -0.2) is 9.37 Å². The van der Waals surface area contributed by atoms with E-state index in [2.05, 4.69) is 30.8 Å². The Morgan fingerprint density at radius 3 is 3.00 bits per heavy atom. The number of anilines is 1. The second kappa shape index (κ2) is 6.36. The number of hydrogen-bond donors (Lipinski definition) is 2. The van der Waals surface area contributed by atoms with E-state index in [1.165, 1.54) is 10.8 Å². The maximum Gasteiger partial charge on any atom is 0.254 e. The van der Waals surface area contributed by atoms with Crippen LogP contribution < -0.4 is 10.6 Å². The van der Waals surface area contributed by atoms with Crippen molar-refractivity contribution in [2.24, 2.45) is 0 Å². The SMILES string of the molecule is Cc1ccn(CC(=O)NC2CC(F)(CNc3ccnc4ncnn34)C2)n1. The average molecular weight is 358 g/mol. The highest BCUT2D eigenvalue weighted by molar-refractivity contribution is 5.76. The molecule has 0 aliphatic heterocycles. The number of fused-ring (bicyclic) bond motifs is 1. The van der Waals surface area contributed by atoms with Crippen molar-refractivity contribution in [2.75, 3.05) is 11.9 Å². The van der Waals surface area contributed by atoms with Crippen molar-refractivity contribution in [3.05, 3.63) is 36.5 Å². The summed E-state index contributed by atoms with van der Waals surface area (Å²) in [6, 6.07) is 3.39. The molecule has 9 nitrogen and oxygen atoms in total. The van der Waals surface area contributed by atoms with Crippen LogP contribution in [0.5, 0.6) is 0 Å². The molecule has 10 heteroatoms. The van der Waals surface area contributed by atoms with E-state index in [1.807, 2.05) is 13.0 Å². The minimum atomic E-state index is -1.36. The molecule has 0 bridgehead atoms. The van der Waals surface area contributed by atoms with Gasteiger partial charge in [0.15, 0.2) is 0 Å². The molecule has 1 fully saturated rings. The van der Waals surface area contributed by atoms with Gasteiger partial charge in [-0.1, -0.05) is 0 Å². The van der Waals surface area contributed by atoms with E-state index in [4.69, 9.17) is 0 Å². The van der Waals surface area contributed by atoms with Gasteiger partial charge in [-0.3, -0.25) is 9.48 Å². The first kappa shape index (κ1) is 16.4. The number of aryl methyl sites for hydroxylation is 1. The van der Waals surface area contributed by atoms with E-state index in [0.29, 0.717) is 11.6 Å². The monoisotopic (exact) mass is 358 g/mol. The lowest BCUT2D eigenvalue weighted by Crippen LogP contribution is -2.56. The van der Waals surface area contributed by atoms with Crippen molar-refractivity contribution in [1.82, 2.24) is 34.7 Å². The van der Waals surface area contributed by atoms with Crippen LogP contribution in [0.15, 0.2) is 30.9 Å². The summed E-state index contributed by atoms with van der Waals surface area (Å²) >= 11 is 0. The number of halogens is 1. The fraction of sp³-hybridized carbons (Fsp3) is 0.438. The lowest BCUT2D eigenvalue weighted by Gasteiger charge is -2.41. The molecule has 0 aromatic carbocycles. The molecule has 0 radical (unpaired) electrons. The van der Waals surface area contributed by atoms with Gasteiger partial charge in [-0.15, -0.1) is 0 Å². The Bertz CT molecular complexity index is 929. The maximum absolute atomic E-state index is 14.8. The molecular formula is C16H19FN8O. The summed E-state index contributed by atoms with van der Waals surface area (Å²) in [4.78, 5) is 20.0. The number of rotatable bonds is 6. The number of amides is 1. The fourth-order valence-corrected chi connectivity index (χ4v) is 3.16. The number of carbonyl (C=O) groups is 1. The highest BCUT2D eigenvalue weighted by Gasteiger charge is 2.45. The number of aromatic nitrogens is 6. The molecule has 1 aliphatic rings. The molecule has 0 atom stereocenters. The van der Waals surface area contributed by atoms with E-state index >= 15 is 0 Å². The van der Waals surface area contributed by atoms with Crippen LogP contribution in [0.2, 0.25) is 0 Å². The average Bonchev–Trinajstić information content (AvgIpc) is 3.20. The Morgan fingerprint density at radius 1 is 1.38 bits per heavy atom. The molecule has 1 saturated carbocycles. The number of carbonyl (C=O) groups excluding carboxylic acids is 1. The third kappa shape index (κ3) is 3.35. The summed E-state index contributed by atoms with van der Waals surface area (Å²) in [7, 11) is 0. The lowest BCUT2D eigenvalue weighted by atomic mass is 9.77. The first-order valence-electron chi connectivity index (χ1n) is 8.38. The molecule has 3 heterocycles. The highest BCUT2D eigenvalue weighted by atomic mass is 19.1. The summed E-state index contributed by atoms with van der Waals surface area (Å²) in [5.74, 6) is 0.924. The van der Waals surface area contributed by atoms with Crippen LogP contribution in [0.1, 0.15) is 18.5 Å². The van der Waals surface area contributed by atoms with Gasteiger partial charge in [-0.05, 0) is 19.1 Å². The third-order valence-corrected chi connectivity index (χ3v) is 4.44. The molecule has 4 rings (SSSR count). The van der Waals surface area contributed by atoms with Crippen LogP contribution in [-0.4, -0.2) is 53.5 Å².